The number of hydrogen-bond acceptors (Lipinski definition) is 3. The van der Waals surface area contributed by atoms with E-state index in [0.29, 0.717) is 0 Å². The summed E-state index contributed by atoms with van der Waals surface area (Å²) in [7, 11) is 1.66. The van der Waals surface area contributed by atoms with Gasteiger partial charge in [-0.3, -0.25) is 0 Å². The van der Waals surface area contributed by atoms with Gasteiger partial charge in [-0.15, -0.1) is 0 Å². The fourth-order valence-corrected chi connectivity index (χ4v) is 1.53. The van der Waals surface area contributed by atoms with Gasteiger partial charge in [0.25, 0.3) is 0 Å². The van der Waals surface area contributed by atoms with E-state index in [9.17, 15) is 0 Å². The van der Waals surface area contributed by atoms with Crippen molar-refractivity contribution < 1.29 is 4.74 Å². The Balaban J connectivity index is 2.63. The molecule has 0 fully saturated rings. The highest BCUT2D eigenvalue weighted by Gasteiger charge is 2.15. The summed E-state index contributed by atoms with van der Waals surface area (Å²) in [6.07, 6.45) is 0.806. The molecule has 1 rings (SSSR count). The van der Waals surface area contributed by atoms with Crippen LogP contribution in [0.25, 0.3) is 0 Å². The van der Waals surface area contributed by atoms with E-state index >= 15 is 0 Å². The molecule has 0 spiro atoms. The van der Waals surface area contributed by atoms with E-state index in [4.69, 9.17) is 10.00 Å². The SMILES string of the molecule is COc1ccc(C)cc1NCCC(C)(C)C#N. The minimum atomic E-state index is -0.288. The largest absolute Gasteiger partial charge is 0.495 e. The van der Waals surface area contributed by atoms with Crippen LogP contribution in [0.2, 0.25) is 0 Å². The second-order valence-electron chi connectivity index (χ2n) is 4.88. The standard InChI is InChI=1S/C14H20N2O/c1-11-5-6-13(17-4)12(9-11)16-8-7-14(2,3)10-15/h5-6,9,16H,7-8H2,1-4H3. The maximum atomic E-state index is 8.93. The molecule has 0 aliphatic heterocycles. The smallest absolute Gasteiger partial charge is 0.141 e. The molecule has 0 saturated heterocycles. The first kappa shape index (κ1) is 13.4. The van der Waals surface area contributed by atoms with E-state index in [2.05, 4.69) is 17.5 Å². The molecular weight excluding hydrogens is 212 g/mol. The van der Waals surface area contributed by atoms with Gasteiger partial charge in [0.2, 0.25) is 0 Å². The zero-order valence-corrected chi connectivity index (χ0v) is 11.0. The van der Waals surface area contributed by atoms with Gasteiger partial charge in [-0.05, 0) is 44.9 Å². The fourth-order valence-electron chi connectivity index (χ4n) is 1.53. The highest BCUT2D eigenvalue weighted by Crippen LogP contribution is 2.26. The summed E-state index contributed by atoms with van der Waals surface area (Å²) in [4.78, 5) is 0. The molecule has 0 atom stereocenters. The molecule has 0 unspecified atom stereocenters. The molecular formula is C14H20N2O. The highest BCUT2D eigenvalue weighted by molar-refractivity contribution is 5.57. The number of aryl methyl sites for hydroxylation is 1. The number of nitriles is 1. The first-order valence-corrected chi connectivity index (χ1v) is 5.78. The lowest BCUT2D eigenvalue weighted by atomic mass is 9.91. The van der Waals surface area contributed by atoms with Crippen LogP contribution in [0.3, 0.4) is 0 Å². The average Bonchev–Trinajstić information content (AvgIpc) is 2.29. The van der Waals surface area contributed by atoms with Gasteiger partial charge in [-0.2, -0.15) is 5.26 Å². The average molecular weight is 232 g/mol. The Kier molecular flexibility index (Phi) is 4.39. The molecule has 1 N–H and O–H groups in total. The third kappa shape index (κ3) is 3.99. The van der Waals surface area contributed by atoms with Crippen LogP contribution in [0.1, 0.15) is 25.8 Å². The molecule has 3 heteroatoms. The van der Waals surface area contributed by atoms with Gasteiger partial charge < -0.3 is 10.1 Å². The summed E-state index contributed by atoms with van der Waals surface area (Å²) < 4.78 is 5.28. The van der Waals surface area contributed by atoms with Gasteiger partial charge in [-0.1, -0.05) is 6.07 Å². The van der Waals surface area contributed by atoms with E-state index in [1.54, 1.807) is 7.11 Å². The van der Waals surface area contributed by atoms with Crippen molar-refractivity contribution in [2.75, 3.05) is 19.0 Å². The number of methoxy groups -OCH3 is 1. The zero-order chi connectivity index (χ0) is 12.9. The molecule has 1 aromatic carbocycles. The van der Waals surface area contributed by atoms with Gasteiger partial charge in [0.1, 0.15) is 5.75 Å². The number of nitrogens with one attached hydrogen (secondary N) is 1. The van der Waals surface area contributed by atoms with Crippen LogP contribution in [0.15, 0.2) is 18.2 Å². The summed E-state index contributed by atoms with van der Waals surface area (Å²) in [5, 5.41) is 12.3. The number of hydrogen-bond donors (Lipinski definition) is 1. The number of anilines is 1. The van der Waals surface area contributed by atoms with Crippen molar-refractivity contribution in [1.82, 2.24) is 0 Å². The molecule has 0 heterocycles. The third-order valence-electron chi connectivity index (χ3n) is 2.72. The quantitative estimate of drug-likeness (QED) is 0.846. The maximum absolute atomic E-state index is 8.93. The summed E-state index contributed by atoms with van der Waals surface area (Å²) in [6.45, 7) is 6.70. The highest BCUT2D eigenvalue weighted by atomic mass is 16.5. The minimum absolute atomic E-state index is 0.288. The molecule has 0 saturated carbocycles. The molecule has 1 aromatic rings. The van der Waals surface area contributed by atoms with Gasteiger partial charge in [0, 0.05) is 6.54 Å². The van der Waals surface area contributed by atoms with Crippen LogP contribution >= 0.6 is 0 Å². The Hall–Kier alpha value is -1.69. The van der Waals surface area contributed by atoms with E-state index in [1.807, 2.05) is 32.9 Å². The van der Waals surface area contributed by atoms with Crippen molar-refractivity contribution in [2.45, 2.75) is 27.2 Å². The lowest BCUT2D eigenvalue weighted by molar-refractivity contribution is 0.415. The van der Waals surface area contributed by atoms with Crippen molar-refractivity contribution in [3.8, 4) is 11.8 Å². The normalized spacial score (nSPS) is 10.8. The fraction of sp³-hybridized carbons (Fsp3) is 0.500. The summed E-state index contributed by atoms with van der Waals surface area (Å²) in [5.74, 6) is 0.838. The van der Waals surface area contributed by atoms with Crippen LogP contribution in [0.4, 0.5) is 5.69 Å². The predicted octanol–water partition coefficient (Wildman–Crippen LogP) is 3.36. The van der Waals surface area contributed by atoms with Crippen molar-refractivity contribution in [3.63, 3.8) is 0 Å². The van der Waals surface area contributed by atoms with Crippen LogP contribution in [-0.2, 0) is 0 Å². The molecule has 17 heavy (non-hydrogen) atoms. The number of ether oxygens (including phenoxy) is 1. The van der Waals surface area contributed by atoms with Gasteiger partial charge in [0.05, 0.1) is 24.3 Å². The van der Waals surface area contributed by atoms with Crippen LogP contribution < -0.4 is 10.1 Å². The lowest BCUT2D eigenvalue weighted by Crippen LogP contribution is -2.15. The van der Waals surface area contributed by atoms with Crippen molar-refractivity contribution in [2.24, 2.45) is 5.41 Å². The Morgan fingerprint density at radius 1 is 1.41 bits per heavy atom. The topological polar surface area (TPSA) is 45.0 Å². The summed E-state index contributed by atoms with van der Waals surface area (Å²) in [6, 6.07) is 8.32. The van der Waals surface area contributed by atoms with E-state index in [0.717, 1.165) is 24.4 Å². The van der Waals surface area contributed by atoms with Gasteiger partial charge in [-0.25, -0.2) is 0 Å². The second-order valence-corrected chi connectivity index (χ2v) is 4.88. The number of benzene rings is 1. The first-order chi connectivity index (χ1) is 7.98. The second kappa shape index (κ2) is 5.58. The number of nitrogens with zero attached hydrogens (tertiary/aromatic N) is 1. The Labute approximate surface area is 103 Å². The van der Waals surface area contributed by atoms with Crippen LogP contribution in [0, 0.1) is 23.7 Å². The van der Waals surface area contributed by atoms with Crippen molar-refractivity contribution >= 4 is 5.69 Å². The van der Waals surface area contributed by atoms with Gasteiger partial charge in [0.15, 0.2) is 0 Å². The molecule has 92 valence electrons. The van der Waals surface area contributed by atoms with Crippen LogP contribution in [-0.4, -0.2) is 13.7 Å². The number of rotatable bonds is 5. The Morgan fingerprint density at radius 2 is 2.12 bits per heavy atom. The first-order valence-electron chi connectivity index (χ1n) is 5.78. The third-order valence-corrected chi connectivity index (χ3v) is 2.72. The Bertz CT molecular complexity index is 419. The molecule has 0 bridgehead atoms. The van der Waals surface area contributed by atoms with E-state index in [-0.39, 0.29) is 5.41 Å². The Morgan fingerprint density at radius 3 is 2.71 bits per heavy atom. The molecule has 0 aliphatic rings. The van der Waals surface area contributed by atoms with Crippen molar-refractivity contribution in [3.05, 3.63) is 23.8 Å². The molecule has 0 aromatic heterocycles. The lowest BCUT2D eigenvalue weighted by Gasteiger charge is -2.17. The molecule has 3 nitrogen and oxygen atoms in total. The molecule has 0 aliphatic carbocycles. The summed E-state index contributed by atoms with van der Waals surface area (Å²) in [5.41, 5.74) is 1.89. The molecule has 0 amide bonds. The summed E-state index contributed by atoms with van der Waals surface area (Å²) >= 11 is 0. The predicted molar refractivity (Wildman–Crippen MR) is 70.2 cm³/mol. The van der Waals surface area contributed by atoms with Crippen LogP contribution in [0.5, 0.6) is 5.75 Å². The van der Waals surface area contributed by atoms with E-state index < -0.39 is 0 Å². The molecule has 0 radical (unpaired) electrons. The van der Waals surface area contributed by atoms with Crippen molar-refractivity contribution in [1.29, 1.82) is 5.26 Å². The monoisotopic (exact) mass is 232 g/mol. The van der Waals surface area contributed by atoms with Gasteiger partial charge >= 0.3 is 0 Å². The zero-order valence-electron chi connectivity index (χ0n) is 11.0. The van der Waals surface area contributed by atoms with E-state index in [1.165, 1.54) is 5.56 Å². The maximum Gasteiger partial charge on any atom is 0.141 e. The minimum Gasteiger partial charge on any atom is -0.495 e.